The zero-order valence-electron chi connectivity index (χ0n) is 28.5. The van der Waals surface area contributed by atoms with Crippen LogP contribution in [-0.2, 0) is 27.8 Å². The lowest BCUT2D eigenvalue weighted by atomic mass is 9.98. The van der Waals surface area contributed by atoms with Crippen LogP contribution in [0.2, 0.25) is 5.02 Å². The molecule has 3 aromatic carbocycles. The van der Waals surface area contributed by atoms with E-state index in [0.717, 1.165) is 16.7 Å². The van der Waals surface area contributed by atoms with Crippen molar-refractivity contribution in [2.75, 3.05) is 18.8 Å². The zero-order valence-corrected chi connectivity index (χ0v) is 30.0. The van der Waals surface area contributed by atoms with Crippen LogP contribution in [0.3, 0.4) is 0 Å². The fraction of sp³-hybridized carbons (Fsp3) is 0.389. The van der Waals surface area contributed by atoms with Gasteiger partial charge >= 0.3 is 5.69 Å². The van der Waals surface area contributed by atoms with Gasteiger partial charge in [-0.1, -0.05) is 99.5 Å². The minimum Gasteiger partial charge on any atom is -0.493 e. The summed E-state index contributed by atoms with van der Waals surface area (Å²) < 4.78 is 31.3. The summed E-state index contributed by atoms with van der Waals surface area (Å²) >= 11 is 6.05. The van der Waals surface area contributed by atoms with Gasteiger partial charge in [-0.15, -0.1) is 0 Å². The molecule has 13 heteroatoms. The van der Waals surface area contributed by atoms with Gasteiger partial charge in [-0.05, 0) is 54.5 Å². The average molecular weight is 712 g/mol. The molecule has 49 heavy (non-hydrogen) atoms. The molecule has 0 aliphatic carbocycles. The molecule has 1 aromatic heterocycles. The molecular weight excluding hydrogens is 666 g/mol. The summed E-state index contributed by atoms with van der Waals surface area (Å²) in [5.74, 6) is -1.34. The number of aromatic hydroxyl groups is 1. The number of halogens is 1. The smallest absolute Gasteiger partial charge is 0.332 e. The summed E-state index contributed by atoms with van der Waals surface area (Å²) in [6.07, 6.45) is 0.0702. The Hall–Kier alpha value is -4.10. The summed E-state index contributed by atoms with van der Waals surface area (Å²) in [5.41, 5.74) is 8.13. The van der Waals surface area contributed by atoms with Gasteiger partial charge in [0.2, 0.25) is 21.8 Å². The van der Waals surface area contributed by atoms with Gasteiger partial charge < -0.3 is 21.3 Å². The quantitative estimate of drug-likeness (QED) is 0.131. The number of sulfonamides is 1. The molecule has 4 aromatic rings. The lowest BCUT2D eigenvalue weighted by molar-refractivity contribution is -0.127. The average Bonchev–Trinajstić information content (AvgIpc) is 3.30. The van der Waals surface area contributed by atoms with E-state index in [1.807, 2.05) is 75.4 Å². The van der Waals surface area contributed by atoms with E-state index in [1.165, 1.54) is 37.8 Å². The van der Waals surface area contributed by atoms with E-state index < -0.39 is 45.7 Å². The second-order valence-corrected chi connectivity index (χ2v) is 15.6. The maximum atomic E-state index is 14.1. The van der Waals surface area contributed by atoms with Gasteiger partial charge in [0, 0.05) is 13.1 Å². The first-order valence-electron chi connectivity index (χ1n) is 16.2. The number of nitrogens with one attached hydrogen (secondary N) is 1. The van der Waals surface area contributed by atoms with Crippen LogP contribution in [0.5, 0.6) is 5.88 Å². The number of anilines is 1. The fourth-order valence-electron chi connectivity index (χ4n) is 5.73. The van der Waals surface area contributed by atoms with E-state index in [2.05, 4.69) is 5.32 Å². The van der Waals surface area contributed by atoms with Crippen molar-refractivity contribution < 1.29 is 23.4 Å². The van der Waals surface area contributed by atoms with Crippen LogP contribution >= 0.6 is 11.6 Å². The first kappa shape index (κ1) is 37.7. The van der Waals surface area contributed by atoms with Gasteiger partial charge in [0.1, 0.15) is 6.04 Å². The van der Waals surface area contributed by atoms with Crippen molar-refractivity contribution >= 4 is 33.2 Å². The van der Waals surface area contributed by atoms with Crippen molar-refractivity contribution in [1.82, 2.24) is 18.8 Å². The summed E-state index contributed by atoms with van der Waals surface area (Å²) in [7, 11) is -4.13. The van der Waals surface area contributed by atoms with Crippen LogP contribution in [0.4, 0.5) is 5.69 Å². The zero-order chi connectivity index (χ0) is 36.0. The Morgan fingerprint density at radius 3 is 2.22 bits per heavy atom. The molecule has 0 bridgehead atoms. The van der Waals surface area contributed by atoms with Crippen molar-refractivity contribution in [3.63, 3.8) is 0 Å². The number of aliphatic hydroxyl groups is 1. The number of nitrogens with two attached hydrogens (primary N) is 1. The number of aryl methyl sites for hydroxylation is 1. The largest absolute Gasteiger partial charge is 0.493 e. The number of aromatic nitrogens is 2. The normalized spacial score (nSPS) is 13.9. The minimum atomic E-state index is -4.13. The van der Waals surface area contributed by atoms with Gasteiger partial charge in [0.05, 0.1) is 40.5 Å². The van der Waals surface area contributed by atoms with E-state index in [1.54, 1.807) is 13.8 Å². The highest BCUT2D eigenvalue weighted by molar-refractivity contribution is 7.89. The molecule has 1 amide bonds. The van der Waals surface area contributed by atoms with Gasteiger partial charge in [-0.3, -0.25) is 13.9 Å². The van der Waals surface area contributed by atoms with Gasteiger partial charge in [-0.2, -0.15) is 4.31 Å². The fourth-order valence-corrected chi connectivity index (χ4v) is 7.50. The summed E-state index contributed by atoms with van der Waals surface area (Å²) in [6, 6.07) is 18.8. The Kier molecular flexibility index (Phi) is 12.4. The Morgan fingerprint density at radius 2 is 1.63 bits per heavy atom. The van der Waals surface area contributed by atoms with Crippen molar-refractivity contribution in [3.05, 3.63) is 111 Å². The second kappa shape index (κ2) is 16.1. The molecule has 4 rings (SSSR count). The first-order valence-corrected chi connectivity index (χ1v) is 18.0. The maximum Gasteiger partial charge on any atom is 0.332 e. The second-order valence-electron chi connectivity index (χ2n) is 13.2. The highest BCUT2D eigenvalue weighted by atomic mass is 35.5. The van der Waals surface area contributed by atoms with Gasteiger partial charge in [-0.25, -0.2) is 13.2 Å². The molecule has 0 aliphatic heterocycles. The van der Waals surface area contributed by atoms with Crippen molar-refractivity contribution in [3.8, 4) is 5.88 Å². The summed E-state index contributed by atoms with van der Waals surface area (Å²) in [6.45, 7) is 9.10. The van der Waals surface area contributed by atoms with Gasteiger partial charge in [0.15, 0.2) is 0 Å². The number of carbonyl (C=O) groups excluding carboxylic acids is 1. The number of aliphatic hydroxyl groups excluding tert-OH is 1. The van der Waals surface area contributed by atoms with E-state index in [4.69, 9.17) is 17.3 Å². The number of carbonyl (C=O) groups is 1. The standard InChI is InChI=1S/C36H46ClN5O6S/c1-23(2)19-40(49(47,48)28-15-16-29(37)30(38)18-28)21-32(43)31(17-26-9-7-6-8-10-26)39-35(45)34(24(3)4)42-22-33(44)41(36(42)46)20-27-13-11-25(5)12-14-27/h6-16,18,22-24,31-32,34,43-44H,17,19-21,38H2,1-5H3,(H,39,45)/t31-,32+,34-/m0/s1. The van der Waals surface area contributed by atoms with E-state index in [0.29, 0.717) is 0 Å². The van der Waals surface area contributed by atoms with Crippen molar-refractivity contribution in [1.29, 1.82) is 0 Å². The van der Waals surface area contributed by atoms with Crippen LogP contribution in [0.15, 0.2) is 88.7 Å². The van der Waals surface area contributed by atoms with E-state index >= 15 is 0 Å². The molecule has 0 aliphatic rings. The lowest BCUT2D eigenvalue weighted by Crippen LogP contribution is -2.53. The highest BCUT2D eigenvalue weighted by Crippen LogP contribution is 2.26. The van der Waals surface area contributed by atoms with Crippen LogP contribution < -0.4 is 16.7 Å². The summed E-state index contributed by atoms with van der Waals surface area (Å²) in [4.78, 5) is 27.6. The Balaban J connectivity index is 1.65. The third-order valence-corrected chi connectivity index (χ3v) is 10.5. The number of benzene rings is 3. The lowest BCUT2D eigenvalue weighted by Gasteiger charge is -2.32. The number of imidazole rings is 1. The van der Waals surface area contributed by atoms with Gasteiger partial charge in [0.25, 0.3) is 0 Å². The highest BCUT2D eigenvalue weighted by Gasteiger charge is 2.34. The van der Waals surface area contributed by atoms with Crippen LogP contribution in [0.1, 0.15) is 50.4 Å². The number of nitrogens with zero attached hydrogens (tertiary/aromatic N) is 3. The molecule has 0 unspecified atom stereocenters. The SMILES string of the molecule is Cc1ccc(Cn2c(O)cn([C@H](C(=O)N[C@@H](Cc3ccccc3)[C@H](O)CN(CC(C)C)S(=O)(=O)c3ccc(Cl)c(N)c3)C(C)C)c2=O)cc1. The maximum absolute atomic E-state index is 14.1. The number of hydrogen-bond acceptors (Lipinski definition) is 7. The minimum absolute atomic E-state index is 0.0694. The number of rotatable bonds is 15. The molecule has 11 nitrogen and oxygen atoms in total. The number of nitrogen functional groups attached to an aromatic ring is 1. The van der Waals surface area contributed by atoms with E-state index in [9.17, 15) is 28.2 Å². The van der Waals surface area contributed by atoms with Crippen molar-refractivity contribution in [2.24, 2.45) is 11.8 Å². The third kappa shape index (κ3) is 9.33. The molecule has 0 fully saturated rings. The van der Waals surface area contributed by atoms with Crippen LogP contribution in [0, 0.1) is 18.8 Å². The Labute approximate surface area is 293 Å². The Morgan fingerprint density at radius 1 is 0.980 bits per heavy atom. The Bertz CT molecular complexity index is 1890. The van der Waals surface area contributed by atoms with Crippen LogP contribution in [-0.4, -0.2) is 63.2 Å². The molecule has 0 saturated carbocycles. The molecule has 1 heterocycles. The van der Waals surface area contributed by atoms with Crippen molar-refractivity contribution in [2.45, 2.75) is 70.7 Å². The predicted molar refractivity (Wildman–Crippen MR) is 192 cm³/mol. The summed E-state index contributed by atoms with van der Waals surface area (Å²) in [5, 5.41) is 25.6. The predicted octanol–water partition coefficient (Wildman–Crippen LogP) is 4.58. The first-order chi connectivity index (χ1) is 23.1. The third-order valence-electron chi connectivity index (χ3n) is 8.30. The number of hydrogen-bond donors (Lipinski definition) is 4. The molecule has 5 N–H and O–H groups in total. The molecule has 0 spiro atoms. The molecule has 0 radical (unpaired) electrons. The molecule has 0 saturated heterocycles. The molecular formula is C36H46ClN5O6S. The van der Waals surface area contributed by atoms with E-state index in [-0.39, 0.29) is 53.5 Å². The van der Waals surface area contributed by atoms with Crippen LogP contribution in [0.25, 0.3) is 0 Å². The molecule has 264 valence electrons. The topological polar surface area (TPSA) is 160 Å². The molecule has 3 atom stereocenters. The monoisotopic (exact) mass is 711 g/mol. The number of amides is 1.